The Balaban J connectivity index is 0.00000144. The summed E-state index contributed by atoms with van der Waals surface area (Å²) in [5.41, 5.74) is 3.01. The molecule has 0 aliphatic carbocycles. The molecule has 0 bridgehead atoms. The van der Waals surface area contributed by atoms with Gasteiger partial charge in [-0.2, -0.15) is 0 Å². The van der Waals surface area contributed by atoms with Crippen LogP contribution in [-0.4, -0.2) is 42.4 Å². The molecule has 88 valence electrons. The third kappa shape index (κ3) is 4.00. The van der Waals surface area contributed by atoms with Crippen molar-refractivity contribution in [3.05, 3.63) is 29.8 Å². The van der Waals surface area contributed by atoms with Gasteiger partial charge in [-0.05, 0) is 29.5 Å². The summed E-state index contributed by atoms with van der Waals surface area (Å²) in [4.78, 5) is 4.61. The van der Waals surface area contributed by atoms with Crippen LogP contribution in [0.5, 0.6) is 5.75 Å². The van der Waals surface area contributed by atoms with Gasteiger partial charge in [0.15, 0.2) is 0 Å². The van der Waals surface area contributed by atoms with E-state index in [1.54, 1.807) is 7.11 Å². The standard InChI is InChI=1S/C14H19NO.Mg/c1-14(2)9-12(15-10-14)8-11-4-6-13(16-3)7-5-11;/h4-7H,8-10H2,1-3H3;. The summed E-state index contributed by atoms with van der Waals surface area (Å²) in [6.45, 7) is 5.52. The molecule has 0 unspecified atom stereocenters. The van der Waals surface area contributed by atoms with Gasteiger partial charge in [0.2, 0.25) is 0 Å². The van der Waals surface area contributed by atoms with E-state index >= 15 is 0 Å². The van der Waals surface area contributed by atoms with Crippen molar-refractivity contribution in [1.29, 1.82) is 0 Å². The molecule has 1 heterocycles. The van der Waals surface area contributed by atoms with Crippen molar-refractivity contribution in [3.63, 3.8) is 0 Å². The molecule has 0 amide bonds. The molecule has 0 N–H and O–H groups in total. The largest absolute Gasteiger partial charge is 0.497 e. The van der Waals surface area contributed by atoms with Gasteiger partial charge in [-0.15, -0.1) is 0 Å². The Bertz CT molecular complexity index is 395. The molecule has 1 aromatic rings. The average Bonchev–Trinajstić information content (AvgIpc) is 2.59. The molecule has 2 radical (unpaired) electrons. The smallest absolute Gasteiger partial charge is 0.118 e. The van der Waals surface area contributed by atoms with E-state index in [1.807, 2.05) is 12.1 Å². The van der Waals surface area contributed by atoms with Gasteiger partial charge < -0.3 is 4.74 Å². The fourth-order valence-electron chi connectivity index (χ4n) is 2.09. The van der Waals surface area contributed by atoms with Gasteiger partial charge in [0, 0.05) is 41.7 Å². The molecule has 2 nitrogen and oxygen atoms in total. The fraction of sp³-hybridized carbons (Fsp3) is 0.500. The maximum absolute atomic E-state index is 5.14. The van der Waals surface area contributed by atoms with Crippen molar-refractivity contribution in [2.45, 2.75) is 26.7 Å². The quantitative estimate of drug-likeness (QED) is 0.746. The predicted octanol–water partition coefficient (Wildman–Crippen LogP) is 2.73. The summed E-state index contributed by atoms with van der Waals surface area (Å²) in [6, 6.07) is 8.26. The summed E-state index contributed by atoms with van der Waals surface area (Å²) >= 11 is 0. The van der Waals surface area contributed by atoms with Gasteiger partial charge in [-0.1, -0.05) is 26.0 Å². The molecule has 0 fully saturated rings. The number of methoxy groups -OCH3 is 1. The van der Waals surface area contributed by atoms with E-state index in [9.17, 15) is 0 Å². The Kier molecular flexibility index (Phi) is 5.01. The van der Waals surface area contributed by atoms with Crippen LogP contribution in [0.1, 0.15) is 25.8 Å². The first-order valence-corrected chi connectivity index (χ1v) is 5.74. The van der Waals surface area contributed by atoms with E-state index in [4.69, 9.17) is 4.74 Å². The minimum Gasteiger partial charge on any atom is -0.497 e. The molecular formula is C14H19MgNO. The van der Waals surface area contributed by atoms with Crippen LogP contribution in [0.2, 0.25) is 0 Å². The third-order valence-electron chi connectivity index (χ3n) is 2.98. The van der Waals surface area contributed by atoms with Gasteiger partial charge in [-0.25, -0.2) is 0 Å². The zero-order valence-corrected chi connectivity index (χ0v) is 12.4. The summed E-state index contributed by atoms with van der Waals surface area (Å²) in [6.07, 6.45) is 2.10. The van der Waals surface area contributed by atoms with Crippen LogP contribution in [0.15, 0.2) is 29.3 Å². The lowest BCUT2D eigenvalue weighted by molar-refractivity contribution is 0.414. The molecule has 0 aromatic heterocycles. The van der Waals surface area contributed by atoms with Crippen LogP contribution in [0.3, 0.4) is 0 Å². The number of aliphatic imine (C=N–C) groups is 1. The van der Waals surface area contributed by atoms with E-state index in [-0.39, 0.29) is 23.1 Å². The van der Waals surface area contributed by atoms with E-state index < -0.39 is 0 Å². The molecule has 0 spiro atoms. The fourth-order valence-corrected chi connectivity index (χ4v) is 2.09. The number of ether oxygens (including phenoxy) is 1. The predicted molar refractivity (Wildman–Crippen MR) is 73.2 cm³/mol. The maximum atomic E-state index is 5.14. The third-order valence-corrected chi connectivity index (χ3v) is 2.98. The van der Waals surface area contributed by atoms with Crippen molar-refractivity contribution in [3.8, 4) is 5.75 Å². The van der Waals surface area contributed by atoms with E-state index in [2.05, 4.69) is 31.0 Å². The second kappa shape index (κ2) is 5.87. The molecule has 1 aliphatic heterocycles. The Labute approximate surface area is 120 Å². The van der Waals surface area contributed by atoms with Crippen molar-refractivity contribution < 1.29 is 4.74 Å². The first kappa shape index (κ1) is 14.5. The van der Waals surface area contributed by atoms with Gasteiger partial charge in [0.05, 0.1) is 7.11 Å². The van der Waals surface area contributed by atoms with Crippen LogP contribution >= 0.6 is 0 Å². The van der Waals surface area contributed by atoms with Crippen molar-refractivity contribution >= 4 is 28.8 Å². The lowest BCUT2D eigenvalue weighted by Gasteiger charge is -2.14. The van der Waals surface area contributed by atoms with Crippen LogP contribution in [0.4, 0.5) is 0 Å². The lowest BCUT2D eigenvalue weighted by atomic mass is 9.89. The minimum atomic E-state index is 0. The highest BCUT2D eigenvalue weighted by molar-refractivity contribution is 5.88. The van der Waals surface area contributed by atoms with Gasteiger partial charge in [0.1, 0.15) is 5.75 Å². The highest BCUT2D eigenvalue weighted by atomic mass is 24.3. The normalized spacial score (nSPS) is 17.2. The van der Waals surface area contributed by atoms with E-state index in [0.29, 0.717) is 5.41 Å². The summed E-state index contributed by atoms with van der Waals surface area (Å²) < 4.78 is 5.14. The zero-order valence-electron chi connectivity index (χ0n) is 11.0. The Morgan fingerprint density at radius 3 is 2.35 bits per heavy atom. The summed E-state index contributed by atoms with van der Waals surface area (Å²) in [5, 5.41) is 0. The SMILES string of the molecule is COc1ccc(CC2=NCC(C)(C)C2)cc1.[Mg]. The van der Waals surface area contributed by atoms with Gasteiger partial charge in [0.25, 0.3) is 0 Å². The number of nitrogens with zero attached hydrogens (tertiary/aromatic N) is 1. The number of hydrogen-bond acceptors (Lipinski definition) is 2. The number of rotatable bonds is 3. The van der Waals surface area contributed by atoms with Crippen LogP contribution in [0, 0.1) is 5.41 Å². The van der Waals surface area contributed by atoms with Crippen molar-refractivity contribution in [1.82, 2.24) is 0 Å². The van der Waals surface area contributed by atoms with Gasteiger partial charge in [-0.3, -0.25) is 4.99 Å². The highest BCUT2D eigenvalue weighted by Crippen LogP contribution is 2.28. The second-order valence-corrected chi connectivity index (χ2v) is 5.25. The molecule has 1 aliphatic rings. The molecule has 2 rings (SSSR count). The van der Waals surface area contributed by atoms with Crippen molar-refractivity contribution in [2.24, 2.45) is 10.4 Å². The molecule has 17 heavy (non-hydrogen) atoms. The number of benzene rings is 1. The first-order chi connectivity index (χ1) is 7.59. The second-order valence-electron chi connectivity index (χ2n) is 5.25. The Morgan fingerprint density at radius 2 is 1.88 bits per heavy atom. The molecule has 0 saturated heterocycles. The highest BCUT2D eigenvalue weighted by Gasteiger charge is 2.25. The van der Waals surface area contributed by atoms with E-state index in [0.717, 1.165) is 25.1 Å². The molecule has 3 heteroatoms. The molecule has 1 aromatic carbocycles. The molecule has 0 saturated carbocycles. The van der Waals surface area contributed by atoms with E-state index in [1.165, 1.54) is 11.3 Å². The van der Waals surface area contributed by atoms with Crippen LogP contribution in [-0.2, 0) is 6.42 Å². The molecule has 0 atom stereocenters. The Morgan fingerprint density at radius 1 is 1.24 bits per heavy atom. The molecular weight excluding hydrogens is 222 g/mol. The average molecular weight is 242 g/mol. The lowest BCUT2D eigenvalue weighted by Crippen LogP contribution is -2.12. The van der Waals surface area contributed by atoms with Crippen molar-refractivity contribution in [2.75, 3.05) is 13.7 Å². The topological polar surface area (TPSA) is 21.6 Å². The monoisotopic (exact) mass is 241 g/mol. The maximum Gasteiger partial charge on any atom is 0.118 e. The summed E-state index contributed by atoms with van der Waals surface area (Å²) in [7, 11) is 1.69. The summed E-state index contributed by atoms with van der Waals surface area (Å²) in [5.74, 6) is 0.914. The van der Waals surface area contributed by atoms with Crippen LogP contribution < -0.4 is 4.74 Å². The number of hydrogen-bond donors (Lipinski definition) is 0. The Hall–Kier alpha value is -0.544. The van der Waals surface area contributed by atoms with Crippen LogP contribution in [0.25, 0.3) is 0 Å². The first-order valence-electron chi connectivity index (χ1n) is 5.74. The van der Waals surface area contributed by atoms with Gasteiger partial charge >= 0.3 is 0 Å². The zero-order chi connectivity index (χ0) is 11.6. The minimum absolute atomic E-state index is 0.